The molecule has 0 N–H and O–H groups in total. The molecule has 32 heavy (non-hydrogen) atoms. The molecule has 0 saturated heterocycles. The highest BCUT2D eigenvalue weighted by Gasteiger charge is 2.32. The molecule has 0 radical (unpaired) electrons. The number of hydrogen-bond donors (Lipinski definition) is 0. The van der Waals surface area contributed by atoms with Gasteiger partial charge in [-0.15, -0.1) is 0 Å². The number of amides is 1. The van der Waals surface area contributed by atoms with Gasteiger partial charge < -0.3 is 9.64 Å². The number of hydrogen-bond acceptors (Lipinski definition) is 4. The topological polar surface area (TPSA) is 59.5 Å². The second kappa shape index (κ2) is 9.09. The van der Waals surface area contributed by atoms with E-state index in [1.165, 1.54) is 4.90 Å². The number of Topliss-reactive ketones (excluding diaryl/α,β-unsaturated/α-hetero) is 1. The summed E-state index contributed by atoms with van der Waals surface area (Å²) >= 11 is 6.04. The van der Waals surface area contributed by atoms with E-state index < -0.39 is 0 Å². The van der Waals surface area contributed by atoms with Gasteiger partial charge in [-0.25, -0.2) is 4.98 Å². The number of methoxy groups -OCH3 is 1. The fourth-order valence-electron chi connectivity index (χ4n) is 3.40. The quantitative estimate of drug-likeness (QED) is 0.338. The van der Waals surface area contributed by atoms with Gasteiger partial charge in [0.15, 0.2) is 0 Å². The molecule has 158 valence electrons. The minimum absolute atomic E-state index is 0.0942. The molecule has 1 amide bonds. The first-order valence-electron chi connectivity index (χ1n) is 9.88. The van der Waals surface area contributed by atoms with E-state index in [0.29, 0.717) is 39.7 Å². The molecule has 0 atom stereocenters. The summed E-state index contributed by atoms with van der Waals surface area (Å²) < 4.78 is 5.06. The molecule has 2 heterocycles. The highest BCUT2D eigenvalue weighted by atomic mass is 35.5. The van der Waals surface area contributed by atoms with Crippen molar-refractivity contribution in [2.45, 2.75) is 6.42 Å². The van der Waals surface area contributed by atoms with Gasteiger partial charge >= 0.3 is 0 Å². The Bertz CT molecular complexity index is 1300. The lowest BCUT2D eigenvalue weighted by molar-refractivity contribution is -0.114. The number of benzene rings is 2. The van der Waals surface area contributed by atoms with Gasteiger partial charge in [0.25, 0.3) is 5.91 Å². The van der Waals surface area contributed by atoms with Crippen molar-refractivity contribution in [1.82, 2.24) is 4.98 Å². The van der Waals surface area contributed by atoms with Crippen LogP contribution in [0.4, 0.5) is 5.69 Å². The van der Waals surface area contributed by atoms with Crippen molar-refractivity contribution in [2.24, 2.45) is 0 Å². The van der Waals surface area contributed by atoms with Crippen molar-refractivity contribution < 1.29 is 14.3 Å². The first-order chi connectivity index (χ1) is 15.5. The molecular formula is C26H19ClN2O3. The number of likely N-dealkylation sites (N-methyl/N-ethyl adjacent to an activating group) is 1. The number of anilines is 1. The van der Waals surface area contributed by atoms with Gasteiger partial charge in [-0.3, -0.25) is 9.59 Å². The number of aromatic nitrogens is 1. The first-order valence-corrected chi connectivity index (χ1v) is 10.3. The maximum Gasteiger partial charge on any atom is 0.262 e. The summed E-state index contributed by atoms with van der Waals surface area (Å²) in [7, 11) is 3.22. The van der Waals surface area contributed by atoms with E-state index in [4.69, 9.17) is 16.3 Å². The van der Waals surface area contributed by atoms with Gasteiger partial charge in [-0.1, -0.05) is 41.6 Å². The third-order valence-corrected chi connectivity index (χ3v) is 5.31. The van der Waals surface area contributed by atoms with Crippen molar-refractivity contribution in [1.29, 1.82) is 0 Å². The van der Waals surface area contributed by atoms with E-state index in [1.54, 1.807) is 75.0 Å². The van der Waals surface area contributed by atoms with Crippen LogP contribution < -0.4 is 9.64 Å². The number of carbonyl (C=O) groups excluding carboxylic acids is 2. The monoisotopic (exact) mass is 442 g/mol. The average molecular weight is 443 g/mol. The van der Waals surface area contributed by atoms with E-state index in [2.05, 4.69) is 16.8 Å². The number of pyridine rings is 1. The van der Waals surface area contributed by atoms with Gasteiger partial charge in [-0.2, -0.15) is 0 Å². The van der Waals surface area contributed by atoms with Crippen LogP contribution in [0.2, 0.25) is 5.02 Å². The lowest BCUT2D eigenvalue weighted by Crippen LogP contribution is -2.36. The number of carbonyl (C=O) groups is 2. The summed E-state index contributed by atoms with van der Waals surface area (Å²) in [5, 5.41) is 0.536. The van der Waals surface area contributed by atoms with Gasteiger partial charge in [0.1, 0.15) is 0 Å². The maximum absolute atomic E-state index is 13.2. The summed E-state index contributed by atoms with van der Waals surface area (Å²) in [6, 6.07) is 16.0. The Labute approximate surface area is 191 Å². The average Bonchev–Trinajstić information content (AvgIpc) is 2.81. The number of ether oxygens (including phenoxy) is 1. The van der Waals surface area contributed by atoms with Crippen LogP contribution in [-0.2, 0) is 11.2 Å². The van der Waals surface area contributed by atoms with Gasteiger partial charge in [0.2, 0.25) is 11.7 Å². The molecule has 0 unspecified atom stereocenters. The molecule has 0 aliphatic carbocycles. The van der Waals surface area contributed by atoms with Gasteiger partial charge in [0.05, 0.1) is 18.4 Å². The van der Waals surface area contributed by atoms with Crippen LogP contribution in [0.1, 0.15) is 27.0 Å². The Morgan fingerprint density at radius 3 is 2.69 bits per heavy atom. The van der Waals surface area contributed by atoms with Crippen molar-refractivity contribution in [3.05, 3.63) is 93.6 Å². The molecule has 0 fully saturated rings. The van der Waals surface area contributed by atoms with Crippen molar-refractivity contribution in [2.75, 3.05) is 19.1 Å². The summed E-state index contributed by atoms with van der Waals surface area (Å²) in [5.41, 5.74) is 3.45. The summed E-state index contributed by atoms with van der Waals surface area (Å²) in [6.07, 6.45) is 3.81. The largest absolute Gasteiger partial charge is 0.481 e. The van der Waals surface area contributed by atoms with Crippen LogP contribution in [0.25, 0.3) is 6.08 Å². The fraction of sp³-hybridized carbons (Fsp3) is 0.115. The third kappa shape index (κ3) is 4.41. The van der Waals surface area contributed by atoms with Crippen LogP contribution in [0, 0.1) is 11.8 Å². The minimum Gasteiger partial charge on any atom is -0.481 e. The molecule has 1 aliphatic heterocycles. The van der Waals surface area contributed by atoms with E-state index in [-0.39, 0.29) is 17.3 Å². The first kappa shape index (κ1) is 21.4. The molecule has 1 aliphatic rings. The van der Waals surface area contributed by atoms with Gasteiger partial charge in [-0.05, 0) is 47.5 Å². The number of fused-ring (bicyclic) bond motifs is 1. The third-order valence-electron chi connectivity index (χ3n) is 5.07. The Kier molecular flexibility index (Phi) is 6.07. The summed E-state index contributed by atoms with van der Waals surface area (Å²) in [4.78, 5) is 31.6. The number of rotatable bonds is 3. The summed E-state index contributed by atoms with van der Waals surface area (Å²) in [6.45, 7) is 0. The van der Waals surface area contributed by atoms with Crippen molar-refractivity contribution in [3.8, 4) is 17.7 Å². The van der Waals surface area contributed by atoms with Crippen molar-refractivity contribution in [3.63, 3.8) is 0 Å². The molecule has 0 bridgehead atoms. The van der Waals surface area contributed by atoms with Crippen LogP contribution in [0.5, 0.6) is 5.88 Å². The van der Waals surface area contributed by atoms with E-state index in [0.717, 1.165) is 5.56 Å². The molecule has 5 nitrogen and oxygen atoms in total. The normalized spacial score (nSPS) is 14.1. The van der Waals surface area contributed by atoms with Crippen LogP contribution in [-0.4, -0.2) is 30.8 Å². The highest BCUT2D eigenvalue weighted by molar-refractivity contribution is 6.36. The second-order valence-electron chi connectivity index (χ2n) is 7.23. The Morgan fingerprint density at radius 2 is 1.97 bits per heavy atom. The van der Waals surface area contributed by atoms with Crippen LogP contribution in [0.15, 0.2) is 66.4 Å². The van der Waals surface area contributed by atoms with Gasteiger partial charge in [0, 0.05) is 41.9 Å². The second-order valence-corrected chi connectivity index (χ2v) is 7.66. The molecule has 2 aromatic carbocycles. The Balaban J connectivity index is 1.62. The molecule has 1 aromatic heterocycles. The van der Waals surface area contributed by atoms with E-state index in [9.17, 15) is 9.59 Å². The predicted octanol–water partition coefficient (Wildman–Crippen LogP) is 4.58. The lowest BCUT2D eigenvalue weighted by atomic mass is 9.92. The molecule has 6 heteroatoms. The lowest BCUT2D eigenvalue weighted by Gasteiger charge is -2.26. The standard InChI is InChI=1S/C26H19ClN2O3/c1-29-23-11-9-17(5-3-6-18-10-12-24(32-2)28-16-18)14-21(23)25(30)22(26(29)31)15-19-7-4-8-20(27)13-19/h4,7-16H,6H2,1-2H3. The highest BCUT2D eigenvalue weighted by Crippen LogP contribution is 2.31. The molecule has 0 spiro atoms. The zero-order chi connectivity index (χ0) is 22.7. The van der Waals surface area contributed by atoms with Crippen molar-refractivity contribution >= 4 is 35.1 Å². The molecule has 0 saturated carbocycles. The number of nitrogens with zero attached hydrogens (tertiary/aromatic N) is 2. The van der Waals surface area contributed by atoms with Crippen LogP contribution >= 0.6 is 11.6 Å². The Hall–Kier alpha value is -3.88. The smallest absolute Gasteiger partial charge is 0.262 e. The molecular weight excluding hydrogens is 424 g/mol. The zero-order valence-electron chi connectivity index (χ0n) is 17.6. The van der Waals surface area contributed by atoms with E-state index in [1.807, 2.05) is 6.07 Å². The molecule has 3 aromatic rings. The van der Waals surface area contributed by atoms with Crippen LogP contribution in [0.3, 0.4) is 0 Å². The SMILES string of the molecule is COc1ccc(CC#Cc2ccc3c(c2)C(=O)C(=Cc2cccc(Cl)c2)C(=O)N3C)cn1. The predicted molar refractivity (Wildman–Crippen MR) is 125 cm³/mol. The number of halogens is 1. The zero-order valence-corrected chi connectivity index (χ0v) is 18.3. The number of ketones is 1. The fourth-order valence-corrected chi connectivity index (χ4v) is 3.59. The molecule has 4 rings (SSSR count). The summed E-state index contributed by atoms with van der Waals surface area (Å²) in [5.74, 6) is 6.06. The van der Waals surface area contributed by atoms with E-state index >= 15 is 0 Å². The Morgan fingerprint density at radius 1 is 1.12 bits per heavy atom. The maximum atomic E-state index is 13.2. The minimum atomic E-state index is -0.353.